The minimum Gasteiger partial charge on any atom is -0.493 e. The lowest BCUT2D eigenvalue weighted by molar-refractivity contribution is -0.186. The molecule has 1 heterocycles. The number of hydrogen-bond acceptors (Lipinski definition) is 8. The molecule has 2 amide bonds. The third-order valence-electron chi connectivity index (χ3n) is 9.69. The molecule has 1 saturated heterocycles. The largest absolute Gasteiger partial charge is 0.493 e. The number of ether oxygens (including phenoxy) is 4. The Morgan fingerprint density at radius 3 is 2.23 bits per heavy atom. The van der Waals surface area contributed by atoms with E-state index in [1.54, 1.807) is 12.1 Å². The second-order valence-corrected chi connectivity index (χ2v) is 11.7. The Morgan fingerprint density at radius 1 is 1.03 bits per heavy atom. The molecule has 0 aromatic heterocycles. The van der Waals surface area contributed by atoms with Crippen LogP contribution in [-0.2, 0) is 9.53 Å². The lowest BCUT2D eigenvalue weighted by Crippen LogP contribution is -2.61. The molecule has 0 radical (unpaired) electrons. The van der Waals surface area contributed by atoms with E-state index in [9.17, 15) is 19.8 Å². The van der Waals surface area contributed by atoms with Gasteiger partial charge in [0.25, 0.3) is 0 Å². The third-order valence-corrected chi connectivity index (χ3v) is 9.69. The molecule has 0 spiro atoms. The van der Waals surface area contributed by atoms with Crippen molar-refractivity contribution in [2.45, 2.75) is 71.0 Å². The monoisotopic (exact) mass is 548 g/mol. The van der Waals surface area contributed by atoms with Crippen LogP contribution in [0.4, 0.5) is 10.5 Å². The minimum absolute atomic E-state index is 0.0255. The van der Waals surface area contributed by atoms with Crippen LogP contribution in [0.15, 0.2) is 12.1 Å². The molecule has 0 bridgehead atoms. The molecule has 6 atom stereocenters. The number of benzene rings is 1. The maximum atomic E-state index is 13.1. The van der Waals surface area contributed by atoms with Crippen LogP contribution in [0.1, 0.15) is 58.8 Å². The second-order valence-electron chi connectivity index (χ2n) is 11.7. The molecule has 2 aliphatic carbocycles. The first kappa shape index (κ1) is 29.3. The quantitative estimate of drug-likeness (QED) is 0.448. The molecule has 1 aliphatic heterocycles. The number of likely N-dealkylation sites (tertiary alicyclic amines) is 1. The molecule has 3 aliphatic rings. The molecule has 3 N–H and O–H groups in total. The van der Waals surface area contributed by atoms with Crippen LogP contribution in [0.3, 0.4) is 0 Å². The lowest BCUT2D eigenvalue weighted by Gasteiger charge is -2.60. The van der Waals surface area contributed by atoms with E-state index in [0.29, 0.717) is 55.0 Å². The average Bonchev–Trinajstić information content (AvgIpc) is 3.47. The maximum Gasteiger partial charge on any atom is 0.411 e. The smallest absolute Gasteiger partial charge is 0.411 e. The van der Waals surface area contributed by atoms with Gasteiger partial charge < -0.3 is 34.1 Å². The fourth-order valence-electron chi connectivity index (χ4n) is 7.49. The standard InChI is InChI=1S/C29H44N2O8/c1-28-11-10-24(39-27(35)30-18-14-21(36-3)26(38-5)22(15-18)37-4)29(2,17-32)23(28)9-8-20(33)19(28)16-25(34)31-12-6-7-13-31/h14-15,19-20,23-24,32-33H,6-13,16-17H2,1-5H3,(H,30,35)/t19-,20-,23?,24-,28+,29+/m1/s1. The first-order valence-corrected chi connectivity index (χ1v) is 14.0. The molecule has 2 saturated carbocycles. The summed E-state index contributed by atoms with van der Waals surface area (Å²) in [4.78, 5) is 28.1. The summed E-state index contributed by atoms with van der Waals surface area (Å²) in [6.45, 7) is 5.50. The van der Waals surface area contributed by atoms with E-state index in [-0.39, 0.29) is 29.8 Å². The summed E-state index contributed by atoms with van der Waals surface area (Å²) in [7, 11) is 4.50. The van der Waals surface area contributed by atoms with Gasteiger partial charge in [0.05, 0.1) is 39.7 Å². The Kier molecular flexibility index (Phi) is 8.85. The van der Waals surface area contributed by atoms with Gasteiger partial charge >= 0.3 is 6.09 Å². The van der Waals surface area contributed by atoms with E-state index in [4.69, 9.17) is 18.9 Å². The highest BCUT2D eigenvalue weighted by Gasteiger charge is 2.60. The zero-order chi connectivity index (χ0) is 28.4. The number of anilines is 1. The van der Waals surface area contributed by atoms with E-state index in [0.717, 1.165) is 25.9 Å². The predicted molar refractivity (Wildman–Crippen MR) is 145 cm³/mol. The minimum atomic E-state index is -0.727. The number of carbonyl (C=O) groups excluding carboxylic acids is 2. The van der Waals surface area contributed by atoms with Crippen LogP contribution in [0.25, 0.3) is 0 Å². The van der Waals surface area contributed by atoms with Gasteiger partial charge in [-0.25, -0.2) is 4.79 Å². The number of carbonyl (C=O) groups is 2. The van der Waals surface area contributed by atoms with Crippen LogP contribution in [-0.4, -0.2) is 80.3 Å². The van der Waals surface area contributed by atoms with Crippen molar-refractivity contribution in [1.82, 2.24) is 4.90 Å². The number of methoxy groups -OCH3 is 3. The van der Waals surface area contributed by atoms with Crippen molar-refractivity contribution in [2.75, 3.05) is 46.3 Å². The van der Waals surface area contributed by atoms with Crippen molar-refractivity contribution < 1.29 is 38.7 Å². The Bertz CT molecular complexity index is 1020. The third kappa shape index (κ3) is 5.50. The van der Waals surface area contributed by atoms with Gasteiger partial charge in [-0.05, 0) is 55.8 Å². The summed E-state index contributed by atoms with van der Waals surface area (Å²) in [6, 6.07) is 3.24. The fourth-order valence-corrected chi connectivity index (χ4v) is 7.49. The van der Waals surface area contributed by atoms with Gasteiger partial charge in [-0.3, -0.25) is 10.1 Å². The van der Waals surface area contributed by atoms with E-state index in [2.05, 4.69) is 12.2 Å². The molecule has 10 nitrogen and oxygen atoms in total. The molecule has 4 rings (SSSR count). The Morgan fingerprint density at radius 2 is 1.67 bits per heavy atom. The van der Waals surface area contributed by atoms with Crippen molar-refractivity contribution in [3.63, 3.8) is 0 Å². The zero-order valence-corrected chi connectivity index (χ0v) is 23.8. The molecule has 10 heteroatoms. The highest BCUT2D eigenvalue weighted by Crippen LogP contribution is 2.61. The van der Waals surface area contributed by atoms with Gasteiger partial charge in [0.1, 0.15) is 6.10 Å². The van der Waals surface area contributed by atoms with Gasteiger partial charge in [-0.1, -0.05) is 13.8 Å². The van der Waals surface area contributed by atoms with Crippen LogP contribution < -0.4 is 19.5 Å². The van der Waals surface area contributed by atoms with Crippen LogP contribution in [0, 0.1) is 22.7 Å². The van der Waals surface area contributed by atoms with E-state index >= 15 is 0 Å². The van der Waals surface area contributed by atoms with Crippen molar-refractivity contribution in [2.24, 2.45) is 22.7 Å². The lowest BCUT2D eigenvalue weighted by atomic mass is 9.46. The number of nitrogens with one attached hydrogen (secondary N) is 1. The topological polar surface area (TPSA) is 127 Å². The average molecular weight is 549 g/mol. The Balaban J connectivity index is 1.50. The first-order valence-electron chi connectivity index (χ1n) is 14.0. The number of aliphatic hydroxyl groups excluding tert-OH is 2. The summed E-state index contributed by atoms with van der Waals surface area (Å²) >= 11 is 0. The number of fused-ring (bicyclic) bond motifs is 1. The van der Waals surface area contributed by atoms with E-state index < -0.39 is 23.7 Å². The number of amides is 2. The van der Waals surface area contributed by atoms with E-state index in [1.165, 1.54) is 21.3 Å². The summed E-state index contributed by atoms with van der Waals surface area (Å²) in [6.07, 6.45) is 3.07. The first-order chi connectivity index (χ1) is 18.6. The molecule has 3 fully saturated rings. The van der Waals surface area contributed by atoms with Crippen molar-refractivity contribution in [3.8, 4) is 17.2 Å². The van der Waals surface area contributed by atoms with Crippen LogP contribution in [0.2, 0.25) is 0 Å². The normalized spacial score (nSPS) is 32.2. The molecule has 39 heavy (non-hydrogen) atoms. The van der Waals surface area contributed by atoms with Gasteiger partial charge in [-0.15, -0.1) is 0 Å². The van der Waals surface area contributed by atoms with Crippen molar-refractivity contribution >= 4 is 17.7 Å². The van der Waals surface area contributed by atoms with Crippen molar-refractivity contribution in [1.29, 1.82) is 0 Å². The highest BCUT2D eigenvalue weighted by molar-refractivity contribution is 5.86. The summed E-state index contributed by atoms with van der Waals surface area (Å²) in [5.74, 6) is 1.08. The molecule has 218 valence electrons. The number of aliphatic hydroxyl groups is 2. The SMILES string of the molecule is COc1cc(NC(=O)O[C@@H]2CC[C@]3(C)C(CC[C@@H](O)[C@H]3CC(=O)N3CCCC3)[C@]2(C)CO)cc(OC)c1OC. The van der Waals surface area contributed by atoms with E-state index in [1.807, 2.05) is 11.8 Å². The summed E-state index contributed by atoms with van der Waals surface area (Å²) in [5.41, 5.74) is -0.672. The maximum absolute atomic E-state index is 13.1. The van der Waals surface area contributed by atoms with Crippen molar-refractivity contribution in [3.05, 3.63) is 12.1 Å². The molecule has 1 aromatic rings. The zero-order valence-electron chi connectivity index (χ0n) is 23.8. The second kappa shape index (κ2) is 11.8. The fraction of sp³-hybridized carbons (Fsp3) is 0.724. The highest BCUT2D eigenvalue weighted by atomic mass is 16.6. The molecular weight excluding hydrogens is 504 g/mol. The Labute approximate surface area is 230 Å². The van der Waals surface area contributed by atoms with Gasteiger partial charge in [-0.2, -0.15) is 0 Å². The molecular formula is C29H44N2O8. The molecule has 1 aromatic carbocycles. The number of nitrogens with zero attached hydrogens (tertiary/aromatic N) is 1. The van der Waals surface area contributed by atoms with Crippen LogP contribution in [0.5, 0.6) is 17.2 Å². The Hall–Kier alpha value is -2.72. The van der Waals surface area contributed by atoms with Gasteiger partial charge in [0, 0.05) is 37.1 Å². The van der Waals surface area contributed by atoms with Crippen LogP contribution >= 0.6 is 0 Å². The molecule has 1 unspecified atom stereocenters. The number of hydrogen-bond donors (Lipinski definition) is 3. The van der Waals surface area contributed by atoms with Gasteiger partial charge in [0.15, 0.2) is 11.5 Å². The van der Waals surface area contributed by atoms with Gasteiger partial charge in [0.2, 0.25) is 11.7 Å². The predicted octanol–water partition coefficient (Wildman–Crippen LogP) is 3.83. The summed E-state index contributed by atoms with van der Waals surface area (Å²) in [5, 5.41) is 24.5. The summed E-state index contributed by atoms with van der Waals surface area (Å²) < 4.78 is 22.1. The number of rotatable bonds is 8.